The molecule has 0 bridgehead atoms. The average molecular weight is 465 g/mol. The zero-order valence-electron chi connectivity index (χ0n) is 21.3. The number of piperidine rings is 1. The van der Waals surface area contributed by atoms with Gasteiger partial charge in [0, 0.05) is 0 Å². The molecule has 0 amide bonds. The van der Waals surface area contributed by atoms with Crippen molar-refractivity contribution >= 4 is 17.3 Å². The maximum Gasteiger partial charge on any atom is 0.377 e. The maximum atomic E-state index is 9.48. The predicted molar refractivity (Wildman–Crippen MR) is 137 cm³/mol. The molecule has 1 aliphatic rings. The molecule has 0 aromatic heterocycles. The smallest absolute Gasteiger partial charge is 0.377 e. The minimum atomic E-state index is -0.0777. The van der Waals surface area contributed by atoms with Gasteiger partial charge in [0.2, 0.25) is 0 Å². The second-order valence-corrected chi connectivity index (χ2v) is 9.88. The van der Waals surface area contributed by atoms with E-state index in [0.29, 0.717) is 13.0 Å². The molecule has 3 rings (SSSR count). The number of guanidine groups is 1. The second kappa shape index (κ2) is 10.7. The van der Waals surface area contributed by atoms with Gasteiger partial charge >= 0.3 is 5.96 Å². The second-order valence-electron chi connectivity index (χ2n) is 9.88. The largest absolute Gasteiger partial charge is 0.497 e. The first kappa shape index (κ1) is 25.2. The Morgan fingerprint density at radius 2 is 1.32 bits per heavy atom. The SMILES string of the molecule is COc1ccc(NC(Nc2ccc(OC)cc2)=[N+](CCC#N)N2C(C)(C)CCCC2(C)C)cc1. The number of hydrazine groups is 1. The minimum absolute atomic E-state index is 0.0777. The first-order valence-electron chi connectivity index (χ1n) is 11.8. The van der Waals surface area contributed by atoms with Gasteiger partial charge in [-0.1, -0.05) is 0 Å². The number of benzene rings is 2. The van der Waals surface area contributed by atoms with Crippen molar-refractivity contribution in [3.63, 3.8) is 0 Å². The van der Waals surface area contributed by atoms with Crippen LogP contribution < -0.4 is 20.1 Å². The molecule has 0 radical (unpaired) electrons. The number of hydrogen-bond acceptors (Lipinski definition) is 4. The normalized spacial score (nSPS) is 16.2. The highest BCUT2D eigenvalue weighted by Gasteiger charge is 2.45. The summed E-state index contributed by atoms with van der Waals surface area (Å²) in [6, 6.07) is 18.0. The monoisotopic (exact) mass is 464 g/mol. The first-order chi connectivity index (χ1) is 16.2. The lowest BCUT2D eigenvalue weighted by atomic mass is 9.81. The van der Waals surface area contributed by atoms with Crippen molar-refractivity contribution in [3.05, 3.63) is 48.5 Å². The fourth-order valence-corrected chi connectivity index (χ4v) is 4.89. The van der Waals surface area contributed by atoms with E-state index in [1.54, 1.807) is 14.2 Å². The zero-order valence-corrected chi connectivity index (χ0v) is 21.3. The lowest BCUT2D eigenvalue weighted by Crippen LogP contribution is -2.64. The Balaban J connectivity index is 2.12. The van der Waals surface area contributed by atoms with Gasteiger partial charge in [0.15, 0.2) is 0 Å². The fourth-order valence-electron chi connectivity index (χ4n) is 4.89. The number of hydrazone groups is 1. The third kappa shape index (κ3) is 5.93. The van der Waals surface area contributed by atoms with Gasteiger partial charge in [-0.2, -0.15) is 9.95 Å². The summed E-state index contributed by atoms with van der Waals surface area (Å²) in [5.41, 5.74) is 1.69. The highest BCUT2D eigenvalue weighted by Crippen LogP contribution is 2.38. The molecule has 2 aromatic carbocycles. The molecule has 0 unspecified atom stereocenters. The Morgan fingerprint density at radius 3 is 1.71 bits per heavy atom. The summed E-state index contributed by atoms with van der Waals surface area (Å²) in [7, 11) is 3.32. The molecule has 1 heterocycles. The van der Waals surface area contributed by atoms with Crippen LogP contribution in [0, 0.1) is 11.3 Å². The van der Waals surface area contributed by atoms with Gasteiger partial charge < -0.3 is 9.47 Å². The number of rotatable bonds is 7. The van der Waals surface area contributed by atoms with Crippen molar-refractivity contribution in [2.75, 3.05) is 31.4 Å². The van der Waals surface area contributed by atoms with Crippen LogP contribution in [-0.4, -0.2) is 47.5 Å². The predicted octanol–water partition coefficient (Wildman–Crippen LogP) is 5.47. The molecule has 182 valence electrons. The molecule has 2 aromatic rings. The summed E-state index contributed by atoms with van der Waals surface area (Å²) in [5.74, 6) is 2.40. The van der Waals surface area contributed by atoms with Gasteiger partial charge in [-0.15, -0.1) is 0 Å². The van der Waals surface area contributed by atoms with E-state index in [2.05, 4.69) is 54.1 Å². The molecule has 0 spiro atoms. The van der Waals surface area contributed by atoms with Crippen molar-refractivity contribution in [2.24, 2.45) is 0 Å². The molecule has 34 heavy (non-hydrogen) atoms. The topological polar surface area (TPSA) is 72.6 Å². The number of nitrogens with one attached hydrogen (secondary N) is 2. The molecule has 0 atom stereocenters. The quantitative estimate of drug-likeness (QED) is 0.322. The van der Waals surface area contributed by atoms with E-state index in [1.165, 1.54) is 6.42 Å². The highest BCUT2D eigenvalue weighted by molar-refractivity contribution is 6.00. The van der Waals surface area contributed by atoms with E-state index >= 15 is 0 Å². The van der Waals surface area contributed by atoms with Crippen molar-refractivity contribution in [3.8, 4) is 17.6 Å². The molecular formula is C27H38N5O2+. The highest BCUT2D eigenvalue weighted by atomic mass is 16.5. The lowest BCUT2D eigenvalue weighted by Gasteiger charge is -2.53. The Hall–Kier alpha value is -3.40. The molecule has 1 aliphatic heterocycles. The van der Waals surface area contributed by atoms with Crippen LogP contribution in [0.3, 0.4) is 0 Å². The van der Waals surface area contributed by atoms with E-state index in [1.807, 2.05) is 48.5 Å². The van der Waals surface area contributed by atoms with Crippen LogP contribution in [0.5, 0.6) is 11.5 Å². The Morgan fingerprint density at radius 1 is 0.882 bits per heavy atom. The third-order valence-electron chi connectivity index (χ3n) is 6.36. The van der Waals surface area contributed by atoms with E-state index in [-0.39, 0.29) is 11.1 Å². The Kier molecular flexibility index (Phi) is 7.93. The molecule has 1 saturated heterocycles. The summed E-state index contributed by atoms with van der Waals surface area (Å²) in [4.78, 5) is 0. The van der Waals surface area contributed by atoms with Crippen LogP contribution in [0.15, 0.2) is 48.5 Å². The van der Waals surface area contributed by atoms with Gasteiger partial charge in [-0.05, 0) is 95.5 Å². The fraction of sp³-hybridized carbons (Fsp3) is 0.481. The number of methoxy groups -OCH3 is 2. The minimum Gasteiger partial charge on any atom is -0.497 e. The number of hydrogen-bond donors (Lipinski definition) is 2. The molecule has 0 saturated carbocycles. The van der Waals surface area contributed by atoms with Crippen molar-refractivity contribution in [1.82, 2.24) is 5.01 Å². The maximum absolute atomic E-state index is 9.48. The van der Waals surface area contributed by atoms with E-state index < -0.39 is 0 Å². The van der Waals surface area contributed by atoms with Gasteiger partial charge in [-0.3, -0.25) is 5.01 Å². The van der Waals surface area contributed by atoms with Crippen LogP contribution in [0.4, 0.5) is 11.4 Å². The van der Waals surface area contributed by atoms with Gasteiger partial charge in [0.1, 0.15) is 18.0 Å². The molecular weight excluding hydrogens is 426 g/mol. The molecule has 2 N–H and O–H groups in total. The number of ether oxygens (including phenoxy) is 2. The molecule has 7 nitrogen and oxygen atoms in total. The van der Waals surface area contributed by atoms with E-state index in [9.17, 15) is 5.26 Å². The third-order valence-corrected chi connectivity index (χ3v) is 6.36. The van der Waals surface area contributed by atoms with Crippen LogP contribution in [0.1, 0.15) is 53.4 Å². The Labute approximate surface area is 204 Å². The van der Waals surface area contributed by atoms with Gasteiger partial charge in [0.25, 0.3) is 0 Å². The number of nitrogens with zero attached hydrogens (tertiary/aromatic N) is 3. The van der Waals surface area contributed by atoms with Crippen LogP contribution in [0.2, 0.25) is 0 Å². The summed E-state index contributed by atoms with van der Waals surface area (Å²) in [6.45, 7) is 9.69. The number of anilines is 2. The molecule has 7 heteroatoms. The van der Waals surface area contributed by atoms with Crippen LogP contribution in [0.25, 0.3) is 0 Å². The van der Waals surface area contributed by atoms with Crippen LogP contribution >= 0.6 is 0 Å². The Bertz CT molecular complexity index is 953. The van der Waals surface area contributed by atoms with Gasteiger partial charge in [0.05, 0.1) is 49.2 Å². The standard InChI is InChI=1S/C27H37N5O2/c1-26(2)17-7-18-27(3,4)32(26)31(20-8-19-28)25(29-21-9-13-23(33-5)14-10-21)30-22-11-15-24(34-6)16-12-22/h9-16H,7-8,17-18,20H2,1-6H3,(H,29,30)/p+1. The van der Waals surface area contributed by atoms with Crippen molar-refractivity contribution < 1.29 is 14.2 Å². The summed E-state index contributed by atoms with van der Waals surface area (Å²) >= 11 is 0. The van der Waals surface area contributed by atoms with Crippen molar-refractivity contribution in [1.29, 1.82) is 5.26 Å². The van der Waals surface area contributed by atoms with Crippen LogP contribution in [-0.2, 0) is 0 Å². The van der Waals surface area contributed by atoms with Crippen molar-refractivity contribution in [2.45, 2.75) is 64.5 Å². The summed E-state index contributed by atoms with van der Waals surface area (Å²) < 4.78 is 12.9. The zero-order chi connectivity index (χ0) is 24.8. The number of nitriles is 1. The van der Waals surface area contributed by atoms with E-state index in [0.717, 1.165) is 41.7 Å². The summed E-state index contributed by atoms with van der Waals surface area (Å²) in [6.07, 6.45) is 3.74. The first-order valence-corrected chi connectivity index (χ1v) is 11.8. The van der Waals surface area contributed by atoms with Gasteiger partial charge in [-0.25, -0.2) is 10.6 Å². The van der Waals surface area contributed by atoms with E-state index in [4.69, 9.17) is 9.47 Å². The lowest BCUT2D eigenvalue weighted by molar-refractivity contribution is -0.725. The molecule has 0 aliphatic carbocycles. The average Bonchev–Trinajstić information content (AvgIpc) is 2.81. The summed E-state index contributed by atoms with van der Waals surface area (Å²) in [5, 5.41) is 19.1. The molecule has 1 fully saturated rings.